The van der Waals surface area contributed by atoms with Crippen LogP contribution in [0, 0.1) is 6.92 Å². The monoisotopic (exact) mass is 482 g/mol. The number of aliphatic imine (C=N–C) groups is 1. The summed E-state index contributed by atoms with van der Waals surface area (Å²) in [6.45, 7) is 3.57. The smallest absolute Gasteiger partial charge is 0.191 e. The van der Waals surface area contributed by atoms with Crippen LogP contribution in [0.1, 0.15) is 15.4 Å². The molecule has 2 heterocycles. The van der Waals surface area contributed by atoms with Crippen molar-refractivity contribution in [1.82, 2.24) is 25.4 Å². The number of halogens is 1. The molecule has 3 aromatic rings. The lowest BCUT2D eigenvalue weighted by Gasteiger charge is -2.11. The standard InChI is InChI=1S/C18H22N6S.HI/c1-14-21-12-17(25-14)13-22-18(19-2)20-10-8-15-4-6-16(7-5-15)24-11-3-9-23-24;/h3-7,9,11-12H,8,10,13H2,1-2H3,(H2,19,20,22);1H. The predicted octanol–water partition coefficient (Wildman–Crippen LogP) is 3.16. The van der Waals surface area contributed by atoms with E-state index >= 15 is 0 Å². The molecule has 0 aliphatic rings. The maximum absolute atomic E-state index is 4.26. The van der Waals surface area contributed by atoms with Gasteiger partial charge in [0.2, 0.25) is 0 Å². The normalized spacial score (nSPS) is 11.1. The molecule has 26 heavy (non-hydrogen) atoms. The average molecular weight is 482 g/mol. The van der Waals surface area contributed by atoms with Gasteiger partial charge in [-0.15, -0.1) is 35.3 Å². The van der Waals surface area contributed by atoms with Gasteiger partial charge in [-0.05, 0) is 37.1 Å². The lowest BCUT2D eigenvalue weighted by Crippen LogP contribution is -2.37. The van der Waals surface area contributed by atoms with Crippen LogP contribution < -0.4 is 10.6 Å². The van der Waals surface area contributed by atoms with Crippen LogP contribution in [0.2, 0.25) is 0 Å². The molecule has 6 nitrogen and oxygen atoms in total. The minimum absolute atomic E-state index is 0. The molecule has 0 aliphatic heterocycles. The largest absolute Gasteiger partial charge is 0.356 e. The fourth-order valence-corrected chi connectivity index (χ4v) is 3.18. The van der Waals surface area contributed by atoms with Crippen LogP contribution in [-0.4, -0.2) is 34.3 Å². The van der Waals surface area contributed by atoms with Crippen molar-refractivity contribution in [2.24, 2.45) is 4.99 Å². The Balaban J connectivity index is 0.00000243. The summed E-state index contributed by atoms with van der Waals surface area (Å²) in [4.78, 5) is 9.72. The van der Waals surface area contributed by atoms with Crippen molar-refractivity contribution in [3.05, 3.63) is 64.4 Å². The first-order chi connectivity index (χ1) is 12.2. The van der Waals surface area contributed by atoms with Gasteiger partial charge in [-0.1, -0.05) is 12.1 Å². The highest BCUT2D eigenvalue weighted by molar-refractivity contribution is 14.0. The van der Waals surface area contributed by atoms with Gasteiger partial charge >= 0.3 is 0 Å². The number of aromatic nitrogens is 3. The Bertz CT molecular complexity index is 811. The molecule has 3 rings (SSSR count). The molecule has 8 heteroatoms. The number of hydrogen-bond donors (Lipinski definition) is 2. The van der Waals surface area contributed by atoms with Gasteiger partial charge in [-0.2, -0.15) is 5.10 Å². The maximum Gasteiger partial charge on any atom is 0.191 e. The van der Waals surface area contributed by atoms with Gasteiger partial charge in [0.1, 0.15) is 0 Å². The fraction of sp³-hybridized carbons (Fsp3) is 0.278. The molecule has 138 valence electrons. The number of rotatable bonds is 6. The van der Waals surface area contributed by atoms with E-state index in [1.165, 1.54) is 10.4 Å². The molecule has 0 bridgehead atoms. The van der Waals surface area contributed by atoms with Crippen molar-refractivity contribution < 1.29 is 0 Å². The van der Waals surface area contributed by atoms with E-state index < -0.39 is 0 Å². The highest BCUT2D eigenvalue weighted by Crippen LogP contribution is 2.11. The summed E-state index contributed by atoms with van der Waals surface area (Å²) in [6, 6.07) is 10.4. The number of hydrogen-bond acceptors (Lipinski definition) is 4. The second-order valence-electron chi connectivity index (χ2n) is 5.57. The highest BCUT2D eigenvalue weighted by Gasteiger charge is 2.02. The minimum atomic E-state index is 0. The van der Waals surface area contributed by atoms with E-state index in [-0.39, 0.29) is 24.0 Å². The third kappa shape index (κ3) is 5.80. The zero-order chi connectivity index (χ0) is 17.5. The summed E-state index contributed by atoms with van der Waals surface area (Å²) in [7, 11) is 1.78. The van der Waals surface area contributed by atoms with Crippen molar-refractivity contribution in [3.8, 4) is 5.69 Å². The number of thiazole rings is 1. The van der Waals surface area contributed by atoms with Gasteiger partial charge < -0.3 is 10.6 Å². The Hall–Kier alpha value is -1.94. The van der Waals surface area contributed by atoms with Crippen molar-refractivity contribution in [3.63, 3.8) is 0 Å². The summed E-state index contributed by atoms with van der Waals surface area (Å²) in [5.41, 5.74) is 2.34. The second-order valence-corrected chi connectivity index (χ2v) is 6.88. The van der Waals surface area contributed by atoms with Gasteiger partial charge in [0, 0.05) is 37.1 Å². The minimum Gasteiger partial charge on any atom is -0.356 e. The van der Waals surface area contributed by atoms with E-state index in [0.717, 1.165) is 36.2 Å². The van der Waals surface area contributed by atoms with Crippen LogP contribution in [0.5, 0.6) is 0 Å². The number of guanidine groups is 1. The quantitative estimate of drug-likeness (QED) is 0.322. The van der Waals surface area contributed by atoms with Crippen molar-refractivity contribution in [2.75, 3.05) is 13.6 Å². The van der Waals surface area contributed by atoms with Crippen LogP contribution in [0.3, 0.4) is 0 Å². The Morgan fingerprint density at radius 3 is 2.65 bits per heavy atom. The van der Waals surface area contributed by atoms with E-state index in [9.17, 15) is 0 Å². The zero-order valence-electron chi connectivity index (χ0n) is 14.8. The predicted molar refractivity (Wildman–Crippen MR) is 118 cm³/mol. The Morgan fingerprint density at radius 2 is 2.04 bits per heavy atom. The zero-order valence-corrected chi connectivity index (χ0v) is 18.0. The van der Waals surface area contributed by atoms with Crippen LogP contribution in [0.4, 0.5) is 0 Å². The van der Waals surface area contributed by atoms with Crippen LogP contribution in [0.25, 0.3) is 5.69 Å². The molecule has 0 fully saturated rings. The third-order valence-corrected chi connectivity index (χ3v) is 4.65. The van der Waals surface area contributed by atoms with E-state index in [4.69, 9.17) is 0 Å². The fourth-order valence-electron chi connectivity index (χ4n) is 2.44. The van der Waals surface area contributed by atoms with E-state index in [0.29, 0.717) is 0 Å². The third-order valence-electron chi connectivity index (χ3n) is 3.73. The first-order valence-corrected chi connectivity index (χ1v) is 9.01. The Morgan fingerprint density at radius 1 is 1.23 bits per heavy atom. The number of benzene rings is 1. The topological polar surface area (TPSA) is 67.1 Å². The first-order valence-electron chi connectivity index (χ1n) is 8.19. The van der Waals surface area contributed by atoms with E-state index in [2.05, 4.69) is 50.0 Å². The summed E-state index contributed by atoms with van der Waals surface area (Å²) in [6.07, 6.45) is 6.56. The Kier molecular flexibility index (Phi) is 8.05. The van der Waals surface area contributed by atoms with Crippen molar-refractivity contribution in [2.45, 2.75) is 19.9 Å². The molecule has 0 radical (unpaired) electrons. The molecule has 0 saturated carbocycles. The van der Waals surface area contributed by atoms with Crippen molar-refractivity contribution >= 4 is 41.3 Å². The second kappa shape index (κ2) is 10.3. The van der Waals surface area contributed by atoms with Gasteiger partial charge in [-0.3, -0.25) is 4.99 Å². The molecule has 0 unspecified atom stereocenters. The van der Waals surface area contributed by atoms with Crippen LogP contribution in [0.15, 0.2) is 53.9 Å². The summed E-state index contributed by atoms with van der Waals surface area (Å²) < 4.78 is 1.86. The molecule has 0 aliphatic carbocycles. The molecule has 0 saturated heterocycles. The van der Waals surface area contributed by atoms with Crippen LogP contribution in [-0.2, 0) is 13.0 Å². The molecule has 0 atom stereocenters. The van der Waals surface area contributed by atoms with E-state index in [1.807, 2.05) is 30.1 Å². The molecule has 0 spiro atoms. The number of aryl methyl sites for hydroxylation is 1. The van der Waals surface area contributed by atoms with Gasteiger partial charge in [-0.25, -0.2) is 9.67 Å². The Labute approximate surface area is 174 Å². The maximum atomic E-state index is 4.26. The summed E-state index contributed by atoms with van der Waals surface area (Å²) >= 11 is 1.70. The van der Waals surface area contributed by atoms with Gasteiger partial charge in [0.15, 0.2) is 5.96 Å². The van der Waals surface area contributed by atoms with Gasteiger partial charge in [0.05, 0.1) is 17.2 Å². The molecular weight excluding hydrogens is 459 g/mol. The molecule has 2 aromatic heterocycles. The SMILES string of the molecule is CN=C(NCCc1ccc(-n2cccn2)cc1)NCc1cnc(C)s1.I. The molecule has 0 amide bonds. The number of nitrogens with zero attached hydrogens (tertiary/aromatic N) is 4. The molecular formula is C18H23IN6S. The van der Waals surface area contributed by atoms with E-state index in [1.54, 1.807) is 24.6 Å². The van der Waals surface area contributed by atoms with Crippen LogP contribution >= 0.6 is 35.3 Å². The lowest BCUT2D eigenvalue weighted by atomic mass is 10.1. The summed E-state index contributed by atoms with van der Waals surface area (Å²) in [5, 5.41) is 12.0. The van der Waals surface area contributed by atoms with Crippen molar-refractivity contribution in [1.29, 1.82) is 0 Å². The highest BCUT2D eigenvalue weighted by atomic mass is 127. The lowest BCUT2D eigenvalue weighted by molar-refractivity contribution is 0.798. The van der Waals surface area contributed by atoms with Gasteiger partial charge in [0.25, 0.3) is 0 Å². The molecule has 2 N–H and O–H groups in total. The molecule has 1 aromatic carbocycles. The first kappa shape index (κ1) is 20.4. The average Bonchev–Trinajstić information content (AvgIpc) is 3.30. The summed E-state index contributed by atoms with van der Waals surface area (Å²) in [5.74, 6) is 0.805. The number of nitrogens with one attached hydrogen (secondary N) is 2.